The van der Waals surface area contributed by atoms with E-state index in [-0.39, 0.29) is 18.5 Å². The molecule has 2 rings (SSSR count). The van der Waals surface area contributed by atoms with Crippen LogP contribution in [-0.4, -0.2) is 44.9 Å². The van der Waals surface area contributed by atoms with Crippen molar-refractivity contribution in [2.45, 2.75) is 25.9 Å². The normalized spacial score (nSPS) is 15.9. The summed E-state index contributed by atoms with van der Waals surface area (Å²) < 4.78 is 1.39. The lowest BCUT2D eigenvalue weighted by molar-refractivity contribution is -0.128. The SMILES string of the molecule is CC(C)(N)c1cn(CC(=O)N2CCNC2=O)nn1. The van der Waals surface area contributed by atoms with Crippen LogP contribution in [0.4, 0.5) is 4.79 Å². The number of hydrogen-bond donors (Lipinski definition) is 2. The van der Waals surface area contributed by atoms with Crippen LogP contribution in [0.15, 0.2) is 6.20 Å². The summed E-state index contributed by atoms with van der Waals surface area (Å²) in [6, 6.07) is -0.362. The van der Waals surface area contributed by atoms with Crippen LogP contribution in [0.3, 0.4) is 0 Å². The van der Waals surface area contributed by atoms with E-state index in [1.54, 1.807) is 20.0 Å². The molecule has 3 amide bonds. The van der Waals surface area contributed by atoms with E-state index >= 15 is 0 Å². The molecule has 8 nitrogen and oxygen atoms in total. The highest BCUT2D eigenvalue weighted by molar-refractivity contribution is 5.95. The predicted octanol–water partition coefficient (Wildman–Crippen LogP) is -0.976. The van der Waals surface area contributed by atoms with Gasteiger partial charge in [-0.15, -0.1) is 5.10 Å². The molecule has 1 aliphatic rings. The largest absolute Gasteiger partial charge is 0.336 e. The molecule has 0 spiro atoms. The van der Waals surface area contributed by atoms with Crippen molar-refractivity contribution in [1.82, 2.24) is 25.2 Å². The highest BCUT2D eigenvalue weighted by atomic mass is 16.2. The summed E-state index contributed by atoms with van der Waals surface area (Å²) in [5, 5.41) is 10.3. The Morgan fingerprint density at radius 1 is 1.61 bits per heavy atom. The number of amides is 3. The fourth-order valence-electron chi connectivity index (χ4n) is 1.60. The summed E-state index contributed by atoms with van der Waals surface area (Å²) in [6.45, 7) is 4.47. The Morgan fingerprint density at radius 2 is 2.33 bits per heavy atom. The first-order valence-electron chi connectivity index (χ1n) is 5.65. The lowest BCUT2D eigenvalue weighted by Gasteiger charge is -2.13. The Kier molecular flexibility index (Phi) is 3.04. The minimum Gasteiger partial charge on any atom is -0.336 e. The topological polar surface area (TPSA) is 106 Å². The van der Waals surface area contributed by atoms with Gasteiger partial charge in [-0.2, -0.15) is 0 Å². The number of carbonyl (C=O) groups excluding carboxylic acids is 2. The molecule has 1 saturated heterocycles. The van der Waals surface area contributed by atoms with E-state index in [0.29, 0.717) is 18.8 Å². The number of nitrogens with two attached hydrogens (primary N) is 1. The van der Waals surface area contributed by atoms with Crippen molar-refractivity contribution in [2.24, 2.45) is 5.73 Å². The molecule has 98 valence electrons. The van der Waals surface area contributed by atoms with Gasteiger partial charge in [-0.1, -0.05) is 5.21 Å². The van der Waals surface area contributed by atoms with Crippen LogP contribution in [-0.2, 0) is 16.9 Å². The van der Waals surface area contributed by atoms with Crippen LogP contribution in [0.1, 0.15) is 19.5 Å². The molecule has 0 saturated carbocycles. The third kappa shape index (κ3) is 2.48. The van der Waals surface area contributed by atoms with E-state index < -0.39 is 5.54 Å². The Balaban J connectivity index is 2.03. The second-order valence-electron chi connectivity index (χ2n) is 4.80. The highest BCUT2D eigenvalue weighted by Crippen LogP contribution is 2.12. The number of carbonyl (C=O) groups is 2. The molecular formula is C10H16N6O2. The van der Waals surface area contributed by atoms with Gasteiger partial charge in [0.15, 0.2) is 0 Å². The summed E-state index contributed by atoms with van der Waals surface area (Å²) in [5.74, 6) is -0.309. The third-order valence-corrected chi connectivity index (χ3v) is 2.65. The number of imide groups is 1. The first kappa shape index (κ1) is 12.5. The molecule has 18 heavy (non-hydrogen) atoms. The minimum absolute atomic E-state index is 0.0174. The van der Waals surface area contributed by atoms with Gasteiger partial charge in [0.25, 0.3) is 5.91 Å². The van der Waals surface area contributed by atoms with Crippen LogP contribution in [0, 0.1) is 0 Å². The fraction of sp³-hybridized carbons (Fsp3) is 0.600. The maximum absolute atomic E-state index is 11.8. The average Bonchev–Trinajstić information content (AvgIpc) is 2.85. The van der Waals surface area contributed by atoms with Gasteiger partial charge in [0, 0.05) is 13.1 Å². The average molecular weight is 252 g/mol. The number of nitrogens with one attached hydrogen (secondary N) is 1. The number of hydrogen-bond acceptors (Lipinski definition) is 5. The molecule has 2 heterocycles. The second-order valence-corrected chi connectivity index (χ2v) is 4.80. The van der Waals surface area contributed by atoms with Gasteiger partial charge in [-0.3, -0.25) is 9.69 Å². The van der Waals surface area contributed by atoms with Gasteiger partial charge in [-0.05, 0) is 13.8 Å². The van der Waals surface area contributed by atoms with Crippen LogP contribution >= 0.6 is 0 Å². The Morgan fingerprint density at radius 3 is 2.83 bits per heavy atom. The van der Waals surface area contributed by atoms with Crippen molar-refractivity contribution in [3.8, 4) is 0 Å². The zero-order chi connectivity index (χ0) is 13.3. The first-order valence-corrected chi connectivity index (χ1v) is 5.65. The van der Waals surface area contributed by atoms with Gasteiger partial charge in [0.1, 0.15) is 12.2 Å². The summed E-state index contributed by atoms with van der Waals surface area (Å²) >= 11 is 0. The van der Waals surface area contributed by atoms with E-state index in [2.05, 4.69) is 15.6 Å². The number of urea groups is 1. The molecule has 0 bridgehead atoms. The maximum Gasteiger partial charge on any atom is 0.324 e. The van der Waals surface area contributed by atoms with Crippen molar-refractivity contribution in [3.63, 3.8) is 0 Å². The van der Waals surface area contributed by atoms with E-state index in [0.717, 1.165) is 4.90 Å². The minimum atomic E-state index is -0.605. The monoisotopic (exact) mass is 252 g/mol. The molecule has 0 aromatic carbocycles. The quantitative estimate of drug-likeness (QED) is 0.719. The van der Waals surface area contributed by atoms with E-state index in [9.17, 15) is 9.59 Å². The van der Waals surface area contributed by atoms with Gasteiger partial charge in [0.05, 0.1) is 11.7 Å². The zero-order valence-corrected chi connectivity index (χ0v) is 10.4. The van der Waals surface area contributed by atoms with Crippen LogP contribution < -0.4 is 11.1 Å². The Hall–Kier alpha value is -1.96. The number of rotatable bonds is 3. The van der Waals surface area contributed by atoms with Crippen LogP contribution in [0.2, 0.25) is 0 Å². The van der Waals surface area contributed by atoms with Crippen molar-refractivity contribution in [3.05, 3.63) is 11.9 Å². The van der Waals surface area contributed by atoms with Gasteiger partial charge in [0.2, 0.25) is 0 Å². The maximum atomic E-state index is 11.8. The molecule has 3 N–H and O–H groups in total. The Labute approximate surface area is 104 Å². The molecule has 0 radical (unpaired) electrons. The second kappa shape index (κ2) is 4.37. The summed E-state index contributed by atoms with van der Waals surface area (Å²) in [5.41, 5.74) is 5.86. The molecule has 0 aliphatic carbocycles. The van der Waals surface area contributed by atoms with E-state index in [1.807, 2.05) is 0 Å². The van der Waals surface area contributed by atoms with Crippen molar-refractivity contribution in [1.29, 1.82) is 0 Å². The zero-order valence-electron chi connectivity index (χ0n) is 10.4. The summed E-state index contributed by atoms with van der Waals surface area (Å²) in [4.78, 5) is 24.3. The van der Waals surface area contributed by atoms with Gasteiger partial charge in [-0.25, -0.2) is 9.48 Å². The van der Waals surface area contributed by atoms with E-state index in [1.165, 1.54) is 4.68 Å². The molecule has 1 aliphatic heterocycles. The smallest absolute Gasteiger partial charge is 0.324 e. The van der Waals surface area contributed by atoms with Gasteiger partial charge >= 0.3 is 6.03 Å². The highest BCUT2D eigenvalue weighted by Gasteiger charge is 2.27. The molecular weight excluding hydrogens is 236 g/mol. The van der Waals surface area contributed by atoms with Crippen molar-refractivity contribution in [2.75, 3.05) is 13.1 Å². The fourth-order valence-corrected chi connectivity index (χ4v) is 1.60. The van der Waals surface area contributed by atoms with Crippen LogP contribution in [0.5, 0.6) is 0 Å². The van der Waals surface area contributed by atoms with Crippen molar-refractivity contribution < 1.29 is 9.59 Å². The lowest BCUT2D eigenvalue weighted by atomic mass is 10.0. The molecule has 0 atom stereocenters. The number of aromatic nitrogens is 3. The number of nitrogens with zero attached hydrogens (tertiary/aromatic N) is 4. The van der Waals surface area contributed by atoms with E-state index in [4.69, 9.17) is 5.73 Å². The summed E-state index contributed by atoms with van der Waals surface area (Å²) in [7, 11) is 0. The summed E-state index contributed by atoms with van der Waals surface area (Å²) in [6.07, 6.45) is 1.62. The molecule has 8 heteroatoms. The first-order chi connectivity index (χ1) is 8.38. The standard InChI is InChI=1S/C10H16N6O2/c1-10(2,11)7-5-15(14-13-7)6-8(17)16-4-3-12-9(16)18/h5H,3-4,6,11H2,1-2H3,(H,12,18). The lowest BCUT2D eigenvalue weighted by Crippen LogP contribution is -2.36. The molecule has 1 fully saturated rings. The molecule has 1 aromatic rings. The Bertz CT molecular complexity index is 475. The third-order valence-electron chi connectivity index (χ3n) is 2.65. The molecule has 1 aromatic heterocycles. The van der Waals surface area contributed by atoms with Crippen molar-refractivity contribution >= 4 is 11.9 Å². The predicted molar refractivity (Wildman–Crippen MR) is 62.3 cm³/mol. The molecule has 0 unspecified atom stereocenters. The van der Waals surface area contributed by atoms with Gasteiger partial charge < -0.3 is 11.1 Å². The van der Waals surface area contributed by atoms with Crippen LogP contribution in [0.25, 0.3) is 0 Å².